The maximum Gasteiger partial charge on any atom is 0.494 e. The summed E-state index contributed by atoms with van der Waals surface area (Å²) in [5, 5.41) is 9.47. The first-order valence-electron chi connectivity index (χ1n) is 9.34. The van der Waals surface area contributed by atoms with Crippen molar-refractivity contribution in [3.63, 3.8) is 0 Å². The Morgan fingerprint density at radius 2 is 1.76 bits per heavy atom. The number of aromatic nitrogens is 2. The van der Waals surface area contributed by atoms with Crippen molar-refractivity contribution in [1.29, 1.82) is 0 Å². The molecule has 2 saturated heterocycles. The van der Waals surface area contributed by atoms with Gasteiger partial charge in [0.15, 0.2) is 0 Å². The van der Waals surface area contributed by atoms with E-state index in [1.807, 2.05) is 0 Å². The van der Waals surface area contributed by atoms with Crippen LogP contribution in [-0.4, -0.2) is 41.2 Å². The number of nitrogens with zero attached hydrogens (tertiary/aromatic N) is 2. The van der Waals surface area contributed by atoms with Gasteiger partial charge in [0.2, 0.25) is 0 Å². The van der Waals surface area contributed by atoms with Crippen LogP contribution in [0.2, 0.25) is 0 Å². The lowest BCUT2D eigenvalue weighted by atomic mass is 9.78. The number of benzene rings is 1. The fourth-order valence-corrected chi connectivity index (χ4v) is 3.77. The number of aryl methyl sites for hydroxylation is 1. The molecule has 2 aliphatic rings. The molecule has 2 aromatic rings. The lowest BCUT2D eigenvalue weighted by molar-refractivity contribution is 0.00578. The standard InChI is InChI=1S/C19H28BN3O2/c1-13-16-12-14(20-24-18(2,3)19(4,5)25-20)6-7-17(16)23(22-13)15-8-10-21-11-9-15/h6-7,12,15,21H,8-11H2,1-5H3. The van der Waals surface area contributed by atoms with Gasteiger partial charge < -0.3 is 14.6 Å². The van der Waals surface area contributed by atoms with Gasteiger partial charge in [-0.2, -0.15) is 5.10 Å². The van der Waals surface area contributed by atoms with Crippen molar-refractivity contribution in [3.8, 4) is 0 Å². The van der Waals surface area contributed by atoms with E-state index in [4.69, 9.17) is 14.4 Å². The van der Waals surface area contributed by atoms with Crippen LogP contribution in [0.15, 0.2) is 18.2 Å². The van der Waals surface area contributed by atoms with Crippen LogP contribution < -0.4 is 10.8 Å². The summed E-state index contributed by atoms with van der Waals surface area (Å²) in [5.41, 5.74) is 2.72. The van der Waals surface area contributed by atoms with Crippen LogP contribution in [0.1, 0.15) is 52.3 Å². The fraction of sp³-hybridized carbons (Fsp3) is 0.632. The van der Waals surface area contributed by atoms with Crippen LogP contribution in [0, 0.1) is 6.92 Å². The molecule has 1 aromatic carbocycles. The zero-order valence-corrected chi connectivity index (χ0v) is 15.9. The number of nitrogens with one attached hydrogen (secondary N) is 1. The van der Waals surface area contributed by atoms with E-state index >= 15 is 0 Å². The highest BCUT2D eigenvalue weighted by molar-refractivity contribution is 6.62. The fourth-order valence-electron chi connectivity index (χ4n) is 3.77. The number of rotatable bonds is 2. The summed E-state index contributed by atoms with van der Waals surface area (Å²) in [6.07, 6.45) is 2.27. The molecule has 0 saturated carbocycles. The highest BCUT2D eigenvalue weighted by atomic mass is 16.7. The van der Waals surface area contributed by atoms with Crippen LogP contribution in [0.25, 0.3) is 10.9 Å². The molecule has 0 aliphatic carbocycles. The summed E-state index contributed by atoms with van der Waals surface area (Å²) in [6, 6.07) is 6.98. The molecular formula is C19H28BN3O2. The Balaban J connectivity index is 1.69. The SMILES string of the molecule is Cc1nn(C2CCNCC2)c2ccc(B3OC(C)(C)C(C)(C)O3)cc12. The van der Waals surface area contributed by atoms with Crippen molar-refractivity contribution in [3.05, 3.63) is 23.9 Å². The molecule has 0 amide bonds. The van der Waals surface area contributed by atoms with E-state index in [1.54, 1.807) is 0 Å². The number of hydrogen-bond donors (Lipinski definition) is 1. The second kappa shape index (κ2) is 5.83. The summed E-state index contributed by atoms with van der Waals surface area (Å²) in [7, 11) is -0.323. The van der Waals surface area contributed by atoms with Crippen molar-refractivity contribution in [2.24, 2.45) is 0 Å². The molecule has 6 heteroatoms. The summed E-state index contributed by atoms with van der Waals surface area (Å²) in [6.45, 7) is 12.6. The molecule has 0 radical (unpaired) electrons. The van der Waals surface area contributed by atoms with Crippen LogP contribution in [-0.2, 0) is 9.31 Å². The predicted molar refractivity (Wildman–Crippen MR) is 101 cm³/mol. The van der Waals surface area contributed by atoms with Crippen molar-refractivity contribution in [1.82, 2.24) is 15.1 Å². The van der Waals surface area contributed by atoms with Crippen LogP contribution in [0.3, 0.4) is 0 Å². The largest absolute Gasteiger partial charge is 0.494 e. The molecule has 4 rings (SSSR count). The number of fused-ring (bicyclic) bond motifs is 1. The second-order valence-electron chi connectivity index (χ2n) is 8.38. The molecule has 1 N–H and O–H groups in total. The monoisotopic (exact) mass is 341 g/mol. The van der Waals surface area contributed by atoms with Crippen molar-refractivity contribution >= 4 is 23.5 Å². The second-order valence-corrected chi connectivity index (χ2v) is 8.38. The van der Waals surface area contributed by atoms with Gasteiger partial charge in [0, 0.05) is 5.39 Å². The molecule has 3 heterocycles. The Bertz CT molecular complexity index is 777. The van der Waals surface area contributed by atoms with Gasteiger partial charge in [-0.1, -0.05) is 12.1 Å². The minimum absolute atomic E-state index is 0.319. The number of piperidine rings is 1. The van der Waals surface area contributed by atoms with Gasteiger partial charge in [0.05, 0.1) is 28.5 Å². The smallest absolute Gasteiger partial charge is 0.399 e. The Labute approximate surface area is 150 Å². The molecule has 1 aromatic heterocycles. The Kier molecular flexibility index (Phi) is 3.98. The van der Waals surface area contributed by atoms with E-state index in [2.05, 4.69) is 62.8 Å². The normalized spacial score (nSPS) is 23.5. The lowest BCUT2D eigenvalue weighted by Crippen LogP contribution is -2.41. The zero-order valence-electron chi connectivity index (χ0n) is 15.9. The van der Waals surface area contributed by atoms with Crippen molar-refractivity contribution in [2.45, 2.75) is 64.7 Å². The van der Waals surface area contributed by atoms with Gasteiger partial charge in [0.1, 0.15) is 0 Å². The molecule has 0 unspecified atom stereocenters. The molecule has 134 valence electrons. The third-order valence-corrected chi connectivity index (χ3v) is 6.09. The first kappa shape index (κ1) is 17.1. The Morgan fingerprint density at radius 1 is 1.12 bits per heavy atom. The first-order chi connectivity index (χ1) is 11.8. The third kappa shape index (κ3) is 2.80. The highest BCUT2D eigenvalue weighted by Gasteiger charge is 2.51. The molecular weight excluding hydrogens is 313 g/mol. The van der Waals surface area contributed by atoms with Crippen molar-refractivity contribution < 1.29 is 9.31 Å². The molecule has 2 fully saturated rings. The topological polar surface area (TPSA) is 48.3 Å². The van der Waals surface area contributed by atoms with Gasteiger partial charge in [-0.15, -0.1) is 0 Å². The summed E-state index contributed by atoms with van der Waals surface area (Å²) < 4.78 is 14.6. The van der Waals surface area contributed by atoms with E-state index in [0.717, 1.165) is 37.1 Å². The van der Waals surface area contributed by atoms with E-state index in [1.165, 1.54) is 10.9 Å². The summed E-state index contributed by atoms with van der Waals surface area (Å²) >= 11 is 0. The summed E-state index contributed by atoms with van der Waals surface area (Å²) in [4.78, 5) is 0. The molecule has 2 aliphatic heterocycles. The predicted octanol–water partition coefficient (Wildman–Crippen LogP) is 2.57. The van der Waals surface area contributed by atoms with E-state index in [-0.39, 0.29) is 18.3 Å². The molecule has 25 heavy (non-hydrogen) atoms. The molecule has 0 bridgehead atoms. The van der Waals surface area contributed by atoms with E-state index < -0.39 is 0 Å². The minimum atomic E-state index is -0.323. The van der Waals surface area contributed by atoms with Gasteiger partial charge in [0.25, 0.3) is 0 Å². The summed E-state index contributed by atoms with van der Waals surface area (Å²) in [5.74, 6) is 0. The lowest BCUT2D eigenvalue weighted by Gasteiger charge is -2.32. The average Bonchev–Trinajstić information content (AvgIpc) is 3.01. The number of hydrogen-bond acceptors (Lipinski definition) is 4. The van der Waals surface area contributed by atoms with Crippen LogP contribution >= 0.6 is 0 Å². The van der Waals surface area contributed by atoms with Gasteiger partial charge in [-0.3, -0.25) is 4.68 Å². The Hall–Kier alpha value is -1.37. The maximum absolute atomic E-state index is 6.20. The van der Waals surface area contributed by atoms with E-state index in [9.17, 15) is 0 Å². The molecule has 0 atom stereocenters. The minimum Gasteiger partial charge on any atom is -0.399 e. The average molecular weight is 341 g/mol. The molecule has 5 nitrogen and oxygen atoms in total. The highest BCUT2D eigenvalue weighted by Crippen LogP contribution is 2.36. The first-order valence-corrected chi connectivity index (χ1v) is 9.34. The van der Waals surface area contributed by atoms with Gasteiger partial charge in [-0.05, 0) is 72.1 Å². The Morgan fingerprint density at radius 3 is 2.40 bits per heavy atom. The quantitative estimate of drug-likeness (QED) is 0.853. The van der Waals surface area contributed by atoms with Crippen molar-refractivity contribution in [2.75, 3.05) is 13.1 Å². The zero-order chi connectivity index (χ0) is 17.8. The third-order valence-electron chi connectivity index (χ3n) is 6.09. The maximum atomic E-state index is 6.20. The molecule has 0 spiro atoms. The van der Waals surface area contributed by atoms with Crippen LogP contribution in [0.5, 0.6) is 0 Å². The van der Waals surface area contributed by atoms with Crippen LogP contribution in [0.4, 0.5) is 0 Å². The van der Waals surface area contributed by atoms with Gasteiger partial charge in [-0.25, -0.2) is 0 Å². The van der Waals surface area contributed by atoms with Gasteiger partial charge >= 0.3 is 7.12 Å². The van der Waals surface area contributed by atoms with E-state index in [0.29, 0.717) is 6.04 Å².